The second kappa shape index (κ2) is 14.9. The van der Waals surface area contributed by atoms with Crippen molar-refractivity contribution in [2.75, 3.05) is 32.8 Å². The van der Waals surface area contributed by atoms with E-state index < -0.39 is 0 Å². The van der Waals surface area contributed by atoms with Crippen molar-refractivity contribution in [3.63, 3.8) is 0 Å². The number of rotatable bonds is 10. The van der Waals surface area contributed by atoms with E-state index >= 15 is 0 Å². The third kappa shape index (κ3) is 10.3. The summed E-state index contributed by atoms with van der Waals surface area (Å²) in [5, 5.41) is 15.1. The summed E-state index contributed by atoms with van der Waals surface area (Å²) in [6.45, 7) is 6.34. The molecule has 0 saturated heterocycles. The molecule has 0 fully saturated rings. The molecule has 0 aliphatic carbocycles. The maximum absolute atomic E-state index is 8.60. The molecule has 0 amide bonds. The molecule has 0 atom stereocenters. The second-order valence-corrected chi connectivity index (χ2v) is 4.08. The van der Waals surface area contributed by atoms with Crippen LogP contribution < -0.4 is 15.4 Å². The van der Waals surface area contributed by atoms with Gasteiger partial charge in [0.25, 0.3) is 0 Å². The van der Waals surface area contributed by atoms with Crippen molar-refractivity contribution in [1.29, 1.82) is 0 Å². The van der Waals surface area contributed by atoms with Gasteiger partial charge in [0.15, 0.2) is 0 Å². The van der Waals surface area contributed by atoms with Crippen LogP contribution >= 0.6 is 24.8 Å². The molecule has 0 heterocycles. The molecule has 0 spiro atoms. The maximum atomic E-state index is 8.60. The Balaban J connectivity index is 0. The average Bonchev–Trinajstić information content (AvgIpc) is 2.39. The van der Waals surface area contributed by atoms with Crippen molar-refractivity contribution >= 4 is 24.8 Å². The van der Waals surface area contributed by atoms with E-state index in [-0.39, 0.29) is 31.4 Å². The summed E-state index contributed by atoms with van der Waals surface area (Å²) in [6, 6.07) is 8.16. The Morgan fingerprint density at radius 3 is 2.55 bits per heavy atom. The highest BCUT2D eigenvalue weighted by atomic mass is 35.5. The number of benzene rings is 1. The molecule has 6 heteroatoms. The predicted octanol–water partition coefficient (Wildman–Crippen LogP) is 1.99. The fraction of sp³-hybridized carbons (Fsp3) is 0.571. The average molecular weight is 325 g/mol. The normalized spacial score (nSPS) is 9.50. The number of aliphatic hydroxyl groups excluding tert-OH is 1. The summed E-state index contributed by atoms with van der Waals surface area (Å²) in [7, 11) is 0. The van der Waals surface area contributed by atoms with Gasteiger partial charge in [-0.2, -0.15) is 0 Å². The van der Waals surface area contributed by atoms with Gasteiger partial charge >= 0.3 is 0 Å². The second-order valence-electron chi connectivity index (χ2n) is 4.08. The van der Waals surface area contributed by atoms with Crippen LogP contribution in [0.5, 0.6) is 5.75 Å². The lowest BCUT2D eigenvalue weighted by Gasteiger charge is -2.08. The molecular formula is C14H26Cl2N2O2. The van der Waals surface area contributed by atoms with Crippen LogP contribution in [-0.2, 0) is 6.54 Å². The highest BCUT2D eigenvalue weighted by Crippen LogP contribution is 2.12. The molecule has 4 nitrogen and oxygen atoms in total. The molecule has 0 saturated carbocycles. The fourth-order valence-electron chi connectivity index (χ4n) is 1.69. The van der Waals surface area contributed by atoms with Gasteiger partial charge in [-0.15, -0.1) is 24.8 Å². The number of hydrogen-bond acceptors (Lipinski definition) is 4. The lowest BCUT2D eigenvalue weighted by molar-refractivity contribution is 0.292. The molecule has 1 aromatic carbocycles. The Morgan fingerprint density at radius 2 is 1.85 bits per heavy atom. The van der Waals surface area contributed by atoms with Crippen molar-refractivity contribution in [1.82, 2.24) is 10.6 Å². The minimum atomic E-state index is 0. The Kier molecular flexibility index (Phi) is 16.2. The number of aliphatic hydroxyl groups is 1. The van der Waals surface area contributed by atoms with E-state index in [1.165, 1.54) is 5.56 Å². The summed E-state index contributed by atoms with van der Waals surface area (Å²) in [6.07, 6.45) is 1.06. The molecule has 20 heavy (non-hydrogen) atoms. The molecule has 0 radical (unpaired) electrons. The van der Waals surface area contributed by atoms with Crippen molar-refractivity contribution in [2.45, 2.75) is 19.9 Å². The summed E-state index contributed by atoms with van der Waals surface area (Å²) >= 11 is 0. The van der Waals surface area contributed by atoms with Crippen LogP contribution in [-0.4, -0.2) is 38.0 Å². The topological polar surface area (TPSA) is 53.5 Å². The molecular weight excluding hydrogens is 299 g/mol. The molecule has 3 N–H and O–H groups in total. The van der Waals surface area contributed by atoms with Gasteiger partial charge in [-0.05, 0) is 44.1 Å². The van der Waals surface area contributed by atoms with Gasteiger partial charge in [0, 0.05) is 13.1 Å². The Hall–Kier alpha value is -0.520. The zero-order valence-electron chi connectivity index (χ0n) is 11.9. The monoisotopic (exact) mass is 324 g/mol. The third-order valence-electron chi connectivity index (χ3n) is 2.53. The molecule has 0 aliphatic rings. The van der Waals surface area contributed by atoms with Crippen LogP contribution in [0, 0.1) is 0 Å². The van der Waals surface area contributed by atoms with E-state index in [9.17, 15) is 0 Å². The maximum Gasteiger partial charge on any atom is 0.119 e. The van der Waals surface area contributed by atoms with Gasteiger partial charge in [0.1, 0.15) is 5.75 Å². The van der Waals surface area contributed by atoms with Crippen molar-refractivity contribution in [3.05, 3.63) is 29.8 Å². The minimum absolute atomic E-state index is 0. The number of hydrogen-bond donors (Lipinski definition) is 3. The van der Waals surface area contributed by atoms with Crippen LogP contribution in [0.15, 0.2) is 24.3 Å². The molecule has 0 bridgehead atoms. The number of nitrogens with one attached hydrogen (secondary N) is 2. The highest BCUT2D eigenvalue weighted by Gasteiger charge is 1.96. The molecule has 0 aliphatic heterocycles. The van der Waals surface area contributed by atoms with Gasteiger partial charge < -0.3 is 20.5 Å². The summed E-state index contributed by atoms with van der Waals surface area (Å²) in [5.74, 6) is 0.932. The van der Waals surface area contributed by atoms with Gasteiger partial charge in [-0.25, -0.2) is 0 Å². The van der Waals surface area contributed by atoms with Gasteiger partial charge in [-0.1, -0.05) is 12.1 Å². The van der Waals surface area contributed by atoms with Gasteiger partial charge in [0.05, 0.1) is 13.2 Å². The van der Waals surface area contributed by atoms with E-state index in [1.807, 2.05) is 19.1 Å². The Labute approximate surface area is 134 Å². The largest absolute Gasteiger partial charge is 0.494 e. The third-order valence-corrected chi connectivity index (χ3v) is 2.53. The van der Waals surface area contributed by atoms with E-state index in [2.05, 4.69) is 22.8 Å². The van der Waals surface area contributed by atoms with E-state index in [1.54, 1.807) is 0 Å². The molecule has 1 rings (SSSR count). The van der Waals surface area contributed by atoms with Crippen LogP contribution in [0.3, 0.4) is 0 Å². The standard InChI is InChI=1S/C14H24N2O2.2ClH/c1-2-18-14-6-3-5-13(11-14)12-16-8-4-7-15-9-10-17;;/h3,5-6,11,15-17H,2,4,7-10,12H2,1H3;2*1H. The quantitative estimate of drug-likeness (QED) is 0.576. The zero-order chi connectivity index (χ0) is 13.1. The van der Waals surface area contributed by atoms with Crippen LogP contribution in [0.2, 0.25) is 0 Å². The predicted molar refractivity (Wildman–Crippen MR) is 88.4 cm³/mol. The summed E-state index contributed by atoms with van der Waals surface area (Å²) in [4.78, 5) is 0. The lowest BCUT2D eigenvalue weighted by Crippen LogP contribution is -2.23. The first kappa shape index (κ1) is 21.8. The summed E-state index contributed by atoms with van der Waals surface area (Å²) < 4.78 is 5.46. The molecule has 0 unspecified atom stereocenters. The van der Waals surface area contributed by atoms with Crippen LogP contribution in [0.4, 0.5) is 0 Å². The molecule has 118 valence electrons. The van der Waals surface area contributed by atoms with Crippen LogP contribution in [0.1, 0.15) is 18.9 Å². The van der Waals surface area contributed by atoms with Gasteiger partial charge in [-0.3, -0.25) is 0 Å². The minimum Gasteiger partial charge on any atom is -0.494 e. The molecule has 0 aromatic heterocycles. The lowest BCUT2D eigenvalue weighted by atomic mass is 10.2. The first-order chi connectivity index (χ1) is 8.86. The Bertz CT molecular complexity index is 328. The first-order valence-corrected chi connectivity index (χ1v) is 6.61. The van der Waals surface area contributed by atoms with Crippen molar-refractivity contribution in [2.24, 2.45) is 0 Å². The fourth-order valence-corrected chi connectivity index (χ4v) is 1.69. The van der Waals surface area contributed by atoms with Crippen molar-refractivity contribution < 1.29 is 9.84 Å². The molecule has 1 aromatic rings. The van der Waals surface area contributed by atoms with Gasteiger partial charge in [0.2, 0.25) is 0 Å². The number of ether oxygens (including phenoxy) is 1. The SMILES string of the molecule is CCOc1cccc(CNCCCNCCO)c1.Cl.Cl. The van der Waals surface area contributed by atoms with E-state index in [0.29, 0.717) is 13.2 Å². The van der Waals surface area contributed by atoms with Crippen molar-refractivity contribution in [3.8, 4) is 5.75 Å². The summed E-state index contributed by atoms with van der Waals surface area (Å²) in [5.41, 5.74) is 1.24. The Morgan fingerprint density at radius 1 is 1.10 bits per heavy atom. The first-order valence-electron chi connectivity index (χ1n) is 6.61. The smallest absolute Gasteiger partial charge is 0.119 e. The van der Waals surface area contributed by atoms with E-state index in [4.69, 9.17) is 9.84 Å². The zero-order valence-corrected chi connectivity index (χ0v) is 13.6. The highest BCUT2D eigenvalue weighted by molar-refractivity contribution is 5.85. The van der Waals surface area contributed by atoms with Crippen LogP contribution in [0.25, 0.3) is 0 Å². The van der Waals surface area contributed by atoms with E-state index in [0.717, 1.165) is 31.8 Å². The number of halogens is 2.